The molecule has 0 fully saturated rings. The van der Waals surface area contributed by atoms with E-state index in [9.17, 15) is 4.79 Å². The highest BCUT2D eigenvalue weighted by atomic mass is 16.5. The van der Waals surface area contributed by atoms with Gasteiger partial charge in [0.25, 0.3) is 0 Å². The number of hydrogen-bond acceptors (Lipinski definition) is 3. The van der Waals surface area contributed by atoms with Crippen LogP contribution in [-0.4, -0.2) is 28.7 Å². The maximum atomic E-state index is 12.1. The first-order valence-electron chi connectivity index (χ1n) is 8.94. The van der Waals surface area contributed by atoms with Crippen molar-refractivity contribution < 1.29 is 9.53 Å². The number of rotatable bonds is 7. The fraction of sp³-hybridized carbons (Fsp3) is 0.238. The molecule has 6 heteroatoms. The van der Waals surface area contributed by atoms with Gasteiger partial charge in [0.1, 0.15) is 12.4 Å². The third-order valence-corrected chi connectivity index (χ3v) is 4.19. The summed E-state index contributed by atoms with van der Waals surface area (Å²) in [5.74, 6) is 0.809. The van der Waals surface area contributed by atoms with Gasteiger partial charge in [-0.1, -0.05) is 24.3 Å². The van der Waals surface area contributed by atoms with E-state index in [2.05, 4.69) is 15.6 Å². The van der Waals surface area contributed by atoms with E-state index < -0.39 is 0 Å². The standard InChI is InChI=1S/C21H24N4O2/c1-16-4-3-5-20(14-16)27-13-11-23-21(26)24-17(2)18-6-8-19(9-7-18)25-12-10-22-15-25/h3-10,12,14-15,17H,11,13H2,1-2H3,(H2,23,24,26)/t17-/m1/s1. The summed E-state index contributed by atoms with van der Waals surface area (Å²) in [5, 5.41) is 5.75. The molecule has 0 unspecified atom stereocenters. The number of nitrogens with zero attached hydrogens (tertiary/aromatic N) is 2. The fourth-order valence-electron chi connectivity index (χ4n) is 2.72. The number of carbonyl (C=O) groups is 1. The number of nitrogens with one attached hydrogen (secondary N) is 2. The summed E-state index contributed by atoms with van der Waals surface area (Å²) in [6.07, 6.45) is 5.39. The number of urea groups is 1. The van der Waals surface area contributed by atoms with Crippen molar-refractivity contribution in [2.75, 3.05) is 13.2 Å². The average Bonchev–Trinajstić information content (AvgIpc) is 3.20. The first-order chi connectivity index (χ1) is 13.1. The van der Waals surface area contributed by atoms with E-state index in [1.54, 1.807) is 12.5 Å². The quantitative estimate of drug-likeness (QED) is 0.629. The van der Waals surface area contributed by atoms with Gasteiger partial charge in [0.15, 0.2) is 0 Å². The maximum Gasteiger partial charge on any atom is 0.315 e. The third kappa shape index (κ3) is 5.34. The predicted molar refractivity (Wildman–Crippen MR) is 105 cm³/mol. The molecule has 0 aliphatic rings. The molecule has 0 saturated heterocycles. The van der Waals surface area contributed by atoms with Gasteiger partial charge < -0.3 is 19.9 Å². The zero-order valence-corrected chi connectivity index (χ0v) is 15.6. The SMILES string of the molecule is Cc1cccc(OCCNC(=O)N[C@H](C)c2ccc(-n3ccnc3)cc2)c1. The lowest BCUT2D eigenvalue weighted by Gasteiger charge is -2.16. The Morgan fingerprint density at radius 3 is 2.74 bits per heavy atom. The first kappa shape index (κ1) is 18.5. The Bertz CT molecular complexity index is 860. The molecule has 1 aromatic heterocycles. The second-order valence-electron chi connectivity index (χ2n) is 6.35. The van der Waals surface area contributed by atoms with Crippen molar-refractivity contribution in [2.45, 2.75) is 19.9 Å². The Labute approximate surface area is 159 Å². The van der Waals surface area contributed by atoms with Crippen molar-refractivity contribution >= 4 is 6.03 Å². The van der Waals surface area contributed by atoms with Crippen LogP contribution < -0.4 is 15.4 Å². The maximum absolute atomic E-state index is 12.1. The molecule has 2 N–H and O–H groups in total. The molecule has 0 aliphatic carbocycles. The highest BCUT2D eigenvalue weighted by Gasteiger charge is 2.09. The van der Waals surface area contributed by atoms with E-state index in [1.165, 1.54) is 0 Å². The molecule has 3 rings (SSSR count). The average molecular weight is 364 g/mol. The van der Waals surface area contributed by atoms with E-state index in [0.29, 0.717) is 13.2 Å². The first-order valence-corrected chi connectivity index (χ1v) is 8.94. The van der Waals surface area contributed by atoms with Crippen molar-refractivity contribution in [3.05, 3.63) is 78.4 Å². The predicted octanol–water partition coefficient (Wildman–Crippen LogP) is 3.62. The van der Waals surface area contributed by atoms with Gasteiger partial charge >= 0.3 is 6.03 Å². The van der Waals surface area contributed by atoms with Crippen molar-refractivity contribution in [1.82, 2.24) is 20.2 Å². The lowest BCUT2D eigenvalue weighted by atomic mass is 10.1. The molecule has 2 amide bonds. The normalized spacial score (nSPS) is 11.6. The van der Waals surface area contributed by atoms with Gasteiger partial charge in [0, 0.05) is 18.1 Å². The molecule has 6 nitrogen and oxygen atoms in total. The Balaban J connectivity index is 1.42. The molecule has 0 saturated carbocycles. The number of imidazole rings is 1. The molecule has 0 radical (unpaired) electrons. The fourth-order valence-corrected chi connectivity index (χ4v) is 2.72. The molecular weight excluding hydrogens is 340 g/mol. The number of benzene rings is 2. The summed E-state index contributed by atoms with van der Waals surface area (Å²) in [6.45, 7) is 4.83. The highest BCUT2D eigenvalue weighted by Crippen LogP contribution is 2.15. The van der Waals surface area contributed by atoms with Crippen molar-refractivity contribution in [1.29, 1.82) is 0 Å². The highest BCUT2D eigenvalue weighted by molar-refractivity contribution is 5.74. The molecule has 0 bridgehead atoms. The smallest absolute Gasteiger partial charge is 0.315 e. The zero-order chi connectivity index (χ0) is 19.1. The largest absolute Gasteiger partial charge is 0.492 e. The molecule has 1 atom stereocenters. The van der Waals surface area contributed by atoms with Gasteiger partial charge in [-0.2, -0.15) is 0 Å². The molecule has 0 aliphatic heterocycles. The summed E-state index contributed by atoms with van der Waals surface area (Å²) in [5.41, 5.74) is 3.21. The Morgan fingerprint density at radius 2 is 2.04 bits per heavy atom. The Kier molecular flexibility index (Phi) is 6.10. The van der Waals surface area contributed by atoms with E-state index in [4.69, 9.17) is 4.74 Å². The molecule has 1 heterocycles. The zero-order valence-electron chi connectivity index (χ0n) is 15.6. The molecule has 0 spiro atoms. The number of amides is 2. The Hall–Kier alpha value is -3.28. The van der Waals surface area contributed by atoms with Gasteiger partial charge in [0.2, 0.25) is 0 Å². The minimum absolute atomic E-state index is 0.0977. The second-order valence-corrected chi connectivity index (χ2v) is 6.35. The van der Waals surface area contributed by atoms with E-state index in [1.807, 2.05) is 73.1 Å². The van der Waals surface area contributed by atoms with Crippen LogP contribution in [0.3, 0.4) is 0 Å². The van der Waals surface area contributed by atoms with E-state index in [-0.39, 0.29) is 12.1 Å². The number of aromatic nitrogens is 2. The Morgan fingerprint density at radius 1 is 1.22 bits per heavy atom. The molecule has 27 heavy (non-hydrogen) atoms. The third-order valence-electron chi connectivity index (χ3n) is 4.19. The minimum atomic E-state index is -0.214. The van der Waals surface area contributed by atoms with Crippen LogP contribution in [0.2, 0.25) is 0 Å². The van der Waals surface area contributed by atoms with Crippen LogP contribution in [-0.2, 0) is 0 Å². The van der Waals surface area contributed by atoms with E-state index >= 15 is 0 Å². The van der Waals surface area contributed by atoms with Gasteiger partial charge in [-0.15, -0.1) is 0 Å². The molecule has 3 aromatic rings. The van der Waals surface area contributed by atoms with Crippen LogP contribution >= 0.6 is 0 Å². The summed E-state index contributed by atoms with van der Waals surface area (Å²) in [4.78, 5) is 16.1. The molecule has 140 valence electrons. The second kappa shape index (κ2) is 8.89. The van der Waals surface area contributed by atoms with Gasteiger partial charge in [-0.05, 0) is 49.2 Å². The van der Waals surface area contributed by atoms with E-state index in [0.717, 1.165) is 22.6 Å². The van der Waals surface area contributed by atoms with Crippen molar-refractivity contribution in [3.8, 4) is 11.4 Å². The summed E-state index contributed by atoms with van der Waals surface area (Å²) >= 11 is 0. The molecule has 2 aromatic carbocycles. The lowest BCUT2D eigenvalue weighted by molar-refractivity contribution is 0.233. The van der Waals surface area contributed by atoms with Crippen LogP contribution in [0.4, 0.5) is 4.79 Å². The van der Waals surface area contributed by atoms with Crippen molar-refractivity contribution in [3.63, 3.8) is 0 Å². The van der Waals surface area contributed by atoms with Crippen LogP contribution in [0.1, 0.15) is 24.1 Å². The summed E-state index contributed by atoms with van der Waals surface area (Å²) in [6, 6.07) is 15.5. The van der Waals surface area contributed by atoms with Crippen molar-refractivity contribution in [2.24, 2.45) is 0 Å². The lowest BCUT2D eigenvalue weighted by Crippen LogP contribution is -2.38. The topological polar surface area (TPSA) is 68.2 Å². The minimum Gasteiger partial charge on any atom is -0.492 e. The van der Waals surface area contributed by atoms with Crippen LogP contribution in [0, 0.1) is 6.92 Å². The van der Waals surface area contributed by atoms with Crippen LogP contribution in [0.5, 0.6) is 5.75 Å². The number of carbonyl (C=O) groups excluding carboxylic acids is 1. The van der Waals surface area contributed by atoms with Gasteiger partial charge in [0.05, 0.1) is 18.9 Å². The number of hydrogen-bond donors (Lipinski definition) is 2. The van der Waals surface area contributed by atoms with Gasteiger partial charge in [-0.25, -0.2) is 9.78 Å². The van der Waals surface area contributed by atoms with Crippen LogP contribution in [0.15, 0.2) is 67.3 Å². The number of ether oxygens (including phenoxy) is 1. The monoisotopic (exact) mass is 364 g/mol. The van der Waals surface area contributed by atoms with Gasteiger partial charge in [-0.3, -0.25) is 0 Å². The molecular formula is C21H24N4O2. The van der Waals surface area contributed by atoms with Crippen LogP contribution in [0.25, 0.3) is 5.69 Å². The summed E-state index contributed by atoms with van der Waals surface area (Å²) in [7, 11) is 0. The summed E-state index contributed by atoms with van der Waals surface area (Å²) < 4.78 is 7.56. The number of aryl methyl sites for hydroxylation is 1.